The van der Waals surface area contributed by atoms with Gasteiger partial charge in [-0.3, -0.25) is 4.72 Å². The molecular formula is C11H13F2NO5S. The zero-order chi connectivity index (χ0) is 15.2. The van der Waals surface area contributed by atoms with Gasteiger partial charge in [-0.1, -0.05) is 6.07 Å². The van der Waals surface area contributed by atoms with Crippen molar-refractivity contribution in [3.8, 4) is 5.75 Å². The maximum atomic E-state index is 12.2. The molecule has 0 radical (unpaired) electrons. The second-order valence-electron chi connectivity index (χ2n) is 3.53. The van der Waals surface area contributed by atoms with Crippen LogP contribution in [0.15, 0.2) is 24.3 Å². The number of carbonyl (C=O) groups is 1. The monoisotopic (exact) mass is 309 g/mol. The highest BCUT2D eigenvalue weighted by atomic mass is 32.2. The molecule has 0 amide bonds. The van der Waals surface area contributed by atoms with Crippen LogP contribution in [-0.4, -0.2) is 33.4 Å². The third-order valence-corrected chi connectivity index (χ3v) is 2.98. The lowest BCUT2D eigenvalue weighted by Crippen LogP contribution is -2.20. The summed E-state index contributed by atoms with van der Waals surface area (Å²) in [6.45, 7) is 1.48. The number of rotatable bonds is 7. The number of hydrogen-bond acceptors (Lipinski definition) is 5. The van der Waals surface area contributed by atoms with E-state index < -0.39 is 21.8 Å². The number of ether oxygens (including phenoxy) is 2. The Hall–Kier alpha value is -1.90. The highest BCUT2D eigenvalue weighted by Crippen LogP contribution is 2.20. The maximum absolute atomic E-state index is 12.2. The van der Waals surface area contributed by atoms with Crippen molar-refractivity contribution >= 4 is 21.7 Å². The Morgan fingerprint density at radius 2 is 2.10 bits per heavy atom. The molecule has 0 saturated heterocycles. The molecule has 0 bridgehead atoms. The molecule has 6 nitrogen and oxygen atoms in total. The average Bonchev–Trinajstić information content (AvgIpc) is 2.36. The number of halogens is 2. The largest absolute Gasteiger partial charge is 0.482 e. The highest BCUT2D eigenvalue weighted by Gasteiger charge is 2.23. The van der Waals surface area contributed by atoms with E-state index in [0.29, 0.717) is 0 Å². The van der Waals surface area contributed by atoms with Gasteiger partial charge < -0.3 is 9.47 Å². The van der Waals surface area contributed by atoms with E-state index in [-0.39, 0.29) is 24.7 Å². The molecule has 20 heavy (non-hydrogen) atoms. The van der Waals surface area contributed by atoms with Gasteiger partial charge in [-0.25, -0.2) is 13.2 Å². The first-order valence-electron chi connectivity index (χ1n) is 5.53. The van der Waals surface area contributed by atoms with Gasteiger partial charge in [0.05, 0.1) is 12.3 Å². The minimum atomic E-state index is -4.74. The Labute approximate surface area is 114 Å². The molecular weight excluding hydrogens is 296 g/mol. The second kappa shape index (κ2) is 7.04. The van der Waals surface area contributed by atoms with Gasteiger partial charge in [0.15, 0.2) is 6.61 Å². The predicted octanol–water partition coefficient (Wildman–Crippen LogP) is 1.59. The van der Waals surface area contributed by atoms with Crippen LogP contribution in [0.5, 0.6) is 5.75 Å². The summed E-state index contributed by atoms with van der Waals surface area (Å²) in [7, 11) is -4.74. The summed E-state index contributed by atoms with van der Waals surface area (Å²) in [6, 6.07) is 5.29. The molecule has 0 atom stereocenters. The maximum Gasteiger partial charge on any atom is 0.355 e. The van der Waals surface area contributed by atoms with Crippen LogP contribution in [0.25, 0.3) is 0 Å². The summed E-state index contributed by atoms with van der Waals surface area (Å²) in [5.41, 5.74) is -0.0911. The van der Waals surface area contributed by atoms with Crippen LogP contribution >= 0.6 is 0 Å². The van der Waals surface area contributed by atoms with E-state index in [2.05, 4.69) is 4.74 Å². The van der Waals surface area contributed by atoms with E-state index >= 15 is 0 Å². The molecule has 112 valence electrons. The van der Waals surface area contributed by atoms with E-state index in [4.69, 9.17) is 4.74 Å². The molecule has 0 aliphatic heterocycles. The number of hydrogen-bond donors (Lipinski definition) is 1. The average molecular weight is 309 g/mol. The second-order valence-corrected chi connectivity index (χ2v) is 5.18. The van der Waals surface area contributed by atoms with E-state index in [1.54, 1.807) is 11.6 Å². The molecule has 0 saturated carbocycles. The van der Waals surface area contributed by atoms with E-state index in [1.165, 1.54) is 24.3 Å². The van der Waals surface area contributed by atoms with Gasteiger partial charge in [-0.2, -0.15) is 8.78 Å². The van der Waals surface area contributed by atoms with Crippen molar-refractivity contribution in [2.75, 3.05) is 17.9 Å². The van der Waals surface area contributed by atoms with Crippen LogP contribution in [0.2, 0.25) is 0 Å². The van der Waals surface area contributed by atoms with Crippen molar-refractivity contribution in [3.05, 3.63) is 24.3 Å². The molecule has 1 rings (SSSR count). The molecule has 0 unspecified atom stereocenters. The smallest absolute Gasteiger partial charge is 0.355 e. The van der Waals surface area contributed by atoms with Crippen molar-refractivity contribution in [3.63, 3.8) is 0 Å². The topological polar surface area (TPSA) is 81.7 Å². The molecule has 0 aromatic heterocycles. The molecule has 0 spiro atoms. The van der Waals surface area contributed by atoms with Gasteiger partial charge in [0.1, 0.15) is 5.75 Å². The molecule has 0 aliphatic carbocycles. The molecule has 9 heteroatoms. The number of carbonyl (C=O) groups excluding carboxylic acids is 1. The normalized spacial score (nSPS) is 11.2. The summed E-state index contributed by atoms with van der Waals surface area (Å²) >= 11 is 0. The van der Waals surface area contributed by atoms with Gasteiger partial charge in [-0.05, 0) is 19.1 Å². The molecule has 0 heterocycles. The van der Waals surface area contributed by atoms with Crippen molar-refractivity contribution < 1.29 is 31.5 Å². The first kappa shape index (κ1) is 16.2. The molecule has 1 aromatic carbocycles. The molecule has 1 N–H and O–H groups in total. The van der Waals surface area contributed by atoms with Gasteiger partial charge in [0.2, 0.25) is 0 Å². The first-order chi connectivity index (χ1) is 9.35. The van der Waals surface area contributed by atoms with E-state index in [1.807, 2.05) is 0 Å². The summed E-state index contributed by atoms with van der Waals surface area (Å²) in [5.74, 6) is -3.98. The van der Waals surface area contributed by atoms with Crippen LogP contribution in [-0.2, 0) is 19.6 Å². The molecule has 1 aromatic rings. The van der Waals surface area contributed by atoms with Crippen molar-refractivity contribution in [2.24, 2.45) is 0 Å². The van der Waals surface area contributed by atoms with Gasteiger partial charge in [0.25, 0.3) is 10.0 Å². The predicted molar refractivity (Wildman–Crippen MR) is 67.1 cm³/mol. The zero-order valence-electron chi connectivity index (χ0n) is 10.5. The third-order valence-electron chi connectivity index (χ3n) is 1.99. The van der Waals surface area contributed by atoms with Crippen LogP contribution in [0.3, 0.4) is 0 Å². The fraction of sp³-hybridized carbons (Fsp3) is 0.364. The summed E-state index contributed by atoms with van der Waals surface area (Å²) in [4.78, 5) is 11.1. The SMILES string of the molecule is CCOC(=O)COc1cccc(NS(=O)(=O)C(F)F)c1. The summed E-state index contributed by atoms with van der Waals surface area (Å²) in [6.07, 6.45) is 0. The Kier molecular flexibility index (Phi) is 5.68. The molecule has 0 fully saturated rings. The number of alkyl halides is 2. The Morgan fingerprint density at radius 3 is 2.70 bits per heavy atom. The first-order valence-corrected chi connectivity index (χ1v) is 7.08. The lowest BCUT2D eigenvalue weighted by Gasteiger charge is -2.09. The number of nitrogens with one attached hydrogen (secondary N) is 1. The third kappa shape index (κ3) is 5.00. The number of esters is 1. The van der Waals surface area contributed by atoms with Crippen molar-refractivity contribution in [2.45, 2.75) is 12.7 Å². The highest BCUT2D eigenvalue weighted by molar-refractivity contribution is 7.93. The fourth-order valence-corrected chi connectivity index (χ4v) is 1.75. The Morgan fingerprint density at radius 1 is 1.40 bits per heavy atom. The van der Waals surface area contributed by atoms with Gasteiger partial charge in [-0.15, -0.1) is 0 Å². The van der Waals surface area contributed by atoms with Crippen LogP contribution in [0.1, 0.15) is 6.92 Å². The minimum absolute atomic E-state index is 0.0911. The fourth-order valence-electron chi connectivity index (χ4n) is 1.20. The number of anilines is 1. The van der Waals surface area contributed by atoms with Gasteiger partial charge >= 0.3 is 11.7 Å². The van der Waals surface area contributed by atoms with E-state index in [0.717, 1.165) is 0 Å². The Bertz CT molecular complexity index is 562. The lowest BCUT2D eigenvalue weighted by atomic mass is 10.3. The molecule has 0 aliphatic rings. The van der Waals surface area contributed by atoms with E-state index in [9.17, 15) is 22.0 Å². The summed E-state index contributed by atoms with van der Waals surface area (Å²) in [5, 5.41) is 0. The van der Waals surface area contributed by atoms with Crippen molar-refractivity contribution in [1.29, 1.82) is 0 Å². The summed E-state index contributed by atoms with van der Waals surface area (Å²) < 4.78 is 57.7. The zero-order valence-corrected chi connectivity index (χ0v) is 11.3. The standard InChI is InChI=1S/C11H13F2NO5S/c1-2-18-10(15)7-19-9-5-3-4-8(6-9)14-20(16,17)11(12)13/h3-6,11,14H,2,7H2,1H3. The minimum Gasteiger partial charge on any atom is -0.482 e. The van der Waals surface area contributed by atoms with Crippen LogP contribution in [0.4, 0.5) is 14.5 Å². The number of benzene rings is 1. The lowest BCUT2D eigenvalue weighted by molar-refractivity contribution is -0.145. The quantitative estimate of drug-likeness (QED) is 0.774. The Balaban J connectivity index is 2.69. The number of sulfonamides is 1. The van der Waals surface area contributed by atoms with Gasteiger partial charge in [0, 0.05) is 6.07 Å². The van der Waals surface area contributed by atoms with Crippen LogP contribution in [0, 0.1) is 0 Å². The van der Waals surface area contributed by atoms with Crippen LogP contribution < -0.4 is 9.46 Å². The van der Waals surface area contributed by atoms with Crippen molar-refractivity contribution in [1.82, 2.24) is 0 Å².